The third kappa shape index (κ3) is 5.54. The lowest BCUT2D eigenvalue weighted by atomic mass is 10.1. The maximum Gasteiger partial charge on any atom is 0.317 e. The Labute approximate surface area is 140 Å². The zero-order valence-corrected chi connectivity index (χ0v) is 14.6. The van der Waals surface area contributed by atoms with E-state index in [1.165, 1.54) is 18.4 Å². The number of hydrogen-bond donors (Lipinski definition) is 1. The van der Waals surface area contributed by atoms with E-state index < -0.39 is 0 Å². The second kappa shape index (κ2) is 9.56. The molecule has 4 heteroatoms. The first-order chi connectivity index (χ1) is 11.2. The molecule has 0 bridgehead atoms. The van der Waals surface area contributed by atoms with Crippen LogP contribution in [0.4, 0.5) is 4.79 Å². The summed E-state index contributed by atoms with van der Waals surface area (Å²) >= 11 is 0. The minimum atomic E-state index is 0.0639. The van der Waals surface area contributed by atoms with Crippen LogP contribution in [0, 0.1) is 0 Å². The highest BCUT2D eigenvalue weighted by atomic mass is 16.2. The lowest BCUT2D eigenvalue weighted by Gasteiger charge is -2.28. The molecule has 0 aliphatic carbocycles. The van der Waals surface area contributed by atoms with E-state index in [-0.39, 0.29) is 12.1 Å². The van der Waals surface area contributed by atoms with E-state index in [9.17, 15) is 4.79 Å². The van der Waals surface area contributed by atoms with Crippen LogP contribution in [0.5, 0.6) is 0 Å². The fraction of sp³-hybridized carbons (Fsp3) is 0.632. The number of likely N-dealkylation sites (tertiary alicyclic amines) is 1. The zero-order chi connectivity index (χ0) is 16.5. The molecular formula is C19H31N3O. The minimum Gasteiger partial charge on any atom is -0.330 e. The lowest BCUT2D eigenvalue weighted by Crippen LogP contribution is -2.44. The number of benzene rings is 1. The average molecular weight is 317 g/mol. The summed E-state index contributed by atoms with van der Waals surface area (Å²) in [6.07, 6.45) is 4.71. The Hall–Kier alpha value is -1.55. The van der Waals surface area contributed by atoms with Crippen LogP contribution in [0.1, 0.15) is 51.1 Å². The maximum atomic E-state index is 12.6. The van der Waals surface area contributed by atoms with Crippen molar-refractivity contribution in [2.24, 2.45) is 0 Å². The molecule has 1 unspecified atom stereocenters. The molecule has 1 aromatic rings. The normalized spacial score (nSPS) is 16.3. The molecule has 0 radical (unpaired) electrons. The third-order valence-electron chi connectivity index (χ3n) is 4.59. The molecule has 1 aromatic carbocycles. The summed E-state index contributed by atoms with van der Waals surface area (Å²) in [6.45, 7) is 9.00. The van der Waals surface area contributed by atoms with Gasteiger partial charge in [-0.05, 0) is 44.8 Å². The van der Waals surface area contributed by atoms with Gasteiger partial charge in [-0.3, -0.25) is 0 Å². The summed E-state index contributed by atoms with van der Waals surface area (Å²) in [6, 6.07) is 10.5. The number of nitrogens with zero attached hydrogens (tertiary/aromatic N) is 2. The quantitative estimate of drug-likeness (QED) is 0.794. The molecule has 2 rings (SSSR count). The van der Waals surface area contributed by atoms with E-state index in [0.29, 0.717) is 0 Å². The topological polar surface area (TPSA) is 35.6 Å². The van der Waals surface area contributed by atoms with Crippen LogP contribution in [0.3, 0.4) is 0 Å². The van der Waals surface area contributed by atoms with Gasteiger partial charge in [0.15, 0.2) is 0 Å². The van der Waals surface area contributed by atoms with Crippen LogP contribution in [-0.2, 0) is 0 Å². The Morgan fingerprint density at radius 1 is 1.22 bits per heavy atom. The van der Waals surface area contributed by atoms with Crippen LogP contribution in [0.15, 0.2) is 30.3 Å². The van der Waals surface area contributed by atoms with E-state index in [1.54, 1.807) is 0 Å². The van der Waals surface area contributed by atoms with Crippen LogP contribution in [-0.4, -0.2) is 48.6 Å². The zero-order valence-electron chi connectivity index (χ0n) is 14.6. The molecule has 4 nitrogen and oxygen atoms in total. The van der Waals surface area contributed by atoms with Crippen molar-refractivity contribution in [2.45, 2.75) is 45.6 Å². The summed E-state index contributed by atoms with van der Waals surface area (Å²) in [5, 5.41) is 3.27. The van der Waals surface area contributed by atoms with Gasteiger partial charge < -0.3 is 15.1 Å². The van der Waals surface area contributed by atoms with Gasteiger partial charge in [0.25, 0.3) is 0 Å². The van der Waals surface area contributed by atoms with E-state index in [0.717, 1.165) is 45.6 Å². The van der Waals surface area contributed by atoms with Crippen LogP contribution in [0.25, 0.3) is 0 Å². The second-order valence-corrected chi connectivity index (χ2v) is 6.35. The highest BCUT2D eigenvalue weighted by Crippen LogP contribution is 2.18. The van der Waals surface area contributed by atoms with Gasteiger partial charge in [0.05, 0.1) is 6.04 Å². The largest absolute Gasteiger partial charge is 0.330 e. The van der Waals surface area contributed by atoms with Gasteiger partial charge >= 0.3 is 6.03 Å². The minimum absolute atomic E-state index is 0.0639. The monoisotopic (exact) mass is 317 g/mol. The van der Waals surface area contributed by atoms with Crippen molar-refractivity contribution in [2.75, 3.05) is 32.7 Å². The molecule has 23 heavy (non-hydrogen) atoms. The Morgan fingerprint density at radius 2 is 1.91 bits per heavy atom. The molecule has 1 N–H and O–H groups in total. The first kappa shape index (κ1) is 17.8. The fourth-order valence-corrected chi connectivity index (χ4v) is 3.14. The molecule has 1 saturated heterocycles. The van der Waals surface area contributed by atoms with Crippen LogP contribution in [0.2, 0.25) is 0 Å². The van der Waals surface area contributed by atoms with Crippen molar-refractivity contribution in [1.29, 1.82) is 0 Å². The van der Waals surface area contributed by atoms with Gasteiger partial charge in [-0.15, -0.1) is 0 Å². The Morgan fingerprint density at radius 3 is 2.52 bits per heavy atom. The first-order valence-electron chi connectivity index (χ1n) is 9.07. The summed E-state index contributed by atoms with van der Waals surface area (Å²) < 4.78 is 0. The highest BCUT2D eigenvalue weighted by Gasteiger charge is 2.22. The van der Waals surface area contributed by atoms with Gasteiger partial charge in [0.1, 0.15) is 0 Å². The van der Waals surface area contributed by atoms with E-state index in [1.807, 2.05) is 30.0 Å². The van der Waals surface area contributed by atoms with Crippen LogP contribution >= 0.6 is 0 Å². The van der Waals surface area contributed by atoms with Gasteiger partial charge in [0.2, 0.25) is 0 Å². The van der Waals surface area contributed by atoms with Gasteiger partial charge in [-0.2, -0.15) is 0 Å². The average Bonchev–Trinajstić information content (AvgIpc) is 3.09. The number of rotatable bonds is 8. The molecule has 1 fully saturated rings. The lowest BCUT2D eigenvalue weighted by molar-refractivity contribution is 0.190. The van der Waals surface area contributed by atoms with Crippen molar-refractivity contribution in [3.63, 3.8) is 0 Å². The van der Waals surface area contributed by atoms with Crippen molar-refractivity contribution in [3.8, 4) is 0 Å². The molecule has 0 aromatic heterocycles. The summed E-state index contributed by atoms with van der Waals surface area (Å²) in [7, 11) is 0. The van der Waals surface area contributed by atoms with Crippen molar-refractivity contribution in [3.05, 3.63) is 35.9 Å². The summed E-state index contributed by atoms with van der Waals surface area (Å²) in [5.74, 6) is 0. The first-order valence-corrected chi connectivity index (χ1v) is 9.07. The number of carbonyl (C=O) groups excluding carboxylic acids is 1. The number of hydrogen-bond acceptors (Lipinski definition) is 2. The Balaban J connectivity index is 2.02. The molecule has 1 aliphatic heterocycles. The summed E-state index contributed by atoms with van der Waals surface area (Å²) in [4.78, 5) is 17.0. The SMILES string of the molecule is CCCCN(CC)C(=O)NC(CN1CCCC1)c1ccccc1. The molecule has 1 aliphatic rings. The molecule has 0 spiro atoms. The Bertz CT molecular complexity index is 457. The highest BCUT2D eigenvalue weighted by molar-refractivity contribution is 5.74. The van der Waals surface area contributed by atoms with Crippen molar-refractivity contribution >= 4 is 6.03 Å². The second-order valence-electron chi connectivity index (χ2n) is 6.35. The molecule has 1 atom stereocenters. The van der Waals surface area contributed by atoms with Crippen molar-refractivity contribution < 1.29 is 4.79 Å². The molecule has 1 heterocycles. The van der Waals surface area contributed by atoms with Gasteiger partial charge in [0, 0.05) is 19.6 Å². The molecular weight excluding hydrogens is 286 g/mol. The predicted molar refractivity (Wildman–Crippen MR) is 95.5 cm³/mol. The number of unbranched alkanes of at least 4 members (excludes halogenated alkanes) is 1. The Kier molecular flexibility index (Phi) is 7.40. The maximum absolute atomic E-state index is 12.6. The van der Waals surface area contributed by atoms with E-state index in [2.05, 4.69) is 29.3 Å². The van der Waals surface area contributed by atoms with E-state index >= 15 is 0 Å². The number of nitrogens with one attached hydrogen (secondary N) is 1. The van der Waals surface area contributed by atoms with Gasteiger partial charge in [-0.25, -0.2) is 4.79 Å². The fourth-order valence-electron chi connectivity index (χ4n) is 3.14. The number of carbonyl (C=O) groups is 1. The van der Waals surface area contributed by atoms with Crippen LogP contribution < -0.4 is 5.32 Å². The number of urea groups is 1. The third-order valence-corrected chi connectivity index (χ3v) is 4.59. The number of amides is 2. The summed E-state index contributed by atoms with van der Waals surface area (Å²) in [5.41, 5.74) is 1.19. The van der Waals surface area contributed by atoms with E-state index in [4.69, 9.17) is 0 Å². The molecule has 2 amide bonds. The smallest absolute Gasteiger partial charge is 0.317 e. The molecule has 128 valence electrons. The predicted octanol–water partition coefficient (Wildman–Crippen LogP) is 3.66. The van der Waals surface area contributed by atoms with Gasteiger partial charge in [-0.1, -0.05) is 43.7 Å². The van der Waals surface area contributed by atoms with Crippen molar-refractivity contribution in [1.82, 2.24) is 15.1 Å². The molecule has 0 saturated carbocycles. The standard InChI is InChI=1S/C19H31N3O/c1-3-5-15-22(4-2)19(23)20-18(16-21-13-9-10-14-21)17-11-7-6-8-12-17/h6-8,11-12,18H,3-5,9-10,13-16H2,1-2H3,(H,20,23).